The van der Waals surface area contributed by atoms with E-state index < -0.39 is 0 Å². The average molecular weight is 424 g/mol. The van der Waals surface area contributed by atoms with Gasteiger partial charge in [-0.25, -0.2) is 4.52 Å². The van der Waals surface area contributed by atoms with Crippen LogP contribution in [-0.2, 0) is 6.54 Å². The smallest absolute Gasteiger partial charge is 0.277 e. The molecular weight excluding hydrogens is 402 g/mol. The van der Waals surface area contributed by atoms with Gasteiger partial charge in [-0.2, -0.15) is 5.10 Å². The normalized spacial score (nSPS) is 14.2. The predicted molar refractivity (Wildman–Crippen MR) is 123 cm³/mol. The van der Waals surface area contributed by atoms with Crippen LogP contribution in [0, 0.1) is 31.6 Å². The van der Waals surface area contributed by atoms with Crippen LogP contribution >= 0.6 is 0 Å². The molecule has 0 amide bonds. The Morgan fingerprint density at radius 1 is 0.938 bits per heavy atom. The Bertz CT molecular complexity index is 1270. The number of para-hydroxylation sites is 2. The van der Waals surface area contributed by atoms with Crippen LogP contribution in [0.1, 0.15) is 5.69 Å². The Morgan fingerprint density at radius 2 is 1.66 bits per heavy atom. The number of aromatic nitrogens is 3. The number of methoxy groups -OCH3 is 1. The third-order valence-corrected chi connectivity index (χ3v) is 5.40. The van der Waals surface area contributed by atoms with Crippen molar-refractivity contribution in [2.45, 2.75) is 6.54 Å². The minimum Gasteiger partial charge on any atom is -0.493 e. The first-order valence-electron chi connectivity index (χ1n) is 10.4. The fourth-order valence-electron chi connectivity index (χ4n) is 3.82. The van der Waals surface area contributed by atoms with E-state index in [9.17, 15) is 4.79 Å². The molecule has 0 atom stereocenters. The monoisotopic (exact) mass is 424 g/mol. The van der Waals surface area contributed by atoms with Gasteiger partial charge < -0.3 is 14.0 Å². The number of hydrogen-bond donors (Lipinski definition) is 0. The maximum absolute atomic E-state index is 13.5. The SMILES string of the molecule is COc1ccccc1OCCn1c(-c2ccccc2)cn2nc([C]3[CH][CH][CH][CH]3)cc2c1=O. The molecule has 2 aromatic carbocycles. The molecule has 0 N–H and O–H groups in total. The standard InChI is InChI=1S/C26H22N3O3/c1-31-24-13-7-8-14-25(24)32-16-15-28-23(20-11-3-2-4-12-20)18-29-22(26(28)30)17-21(27-29)19-9-5-6-10-19/h2-14,17-18H,15-16H2,1H3. The Kier molecular flexibility index (Phi) is 5.67. The van der Waals surface area contributed by atoms with Crippen molar-refractivity contribution in [3.63, 3.8) is 0 Å². The summed E-state index contributed by atoms with van der Waals surface area (Å²) < 4.78 is 14.7. The number of benzene rings is 2. The van der Waals surface area contributed by atoms with Gasteiger partial charge in [0.1, 0.15) is 12.1 Å². The van der Waals surface area contributed by atoms with Crippen molar-refractivity contribution < 1.29 is 9.47 Å². The van der Waals surface area contributed by atoms with Crippen LogP contribution in [0.2, 0.25) is 0 Å². The van der Waals surface area contributed by atoms with Crippen LogP contribution in [0.15, 0.2) is 71.7 Å². The molecule has 1 saturated carbocycles. The molecule has 5 rings (SSSR count). The van der Waals surface area contributed by atoms with Crippen LogP contribution in [-0.4, -0.2) is 27.9 Å². The molecule has 2 aromatic heterocycles. The first kappa shape index (κ1) is 20.4. The van der Waals surface area contributed by atoms with Gasteiger partial charge in [0.15, 0.2) is 11.5 Å². The molecular formula is C26H22N3O3. The third kappa shape index (κ3) is 3.88. The number of rotatable bonds is 7. The Hall–Kier alpha value is -3.54. The maximum atomic E-state index is 13.5. The lowest BCUT2D eigenvalue weighted by Crippen LogP contribution is -2.26. The lowest BCUT2D eigenvalue weighted by atomic mass is 10.0. The van der Waals surface area contributed by atoms with E-state index in [2.05, 4.69) is 5.10 Å². The first-order chi connectivity index (χ1) is 15.7. The third-order valence-electron chi connectivity index (χ3n) is 5.40. The highest BCUT2D eigenvalue weighted by molar-refractivity contribution is 5.62. The fraction of sp³-hybridized carbons (Fsp3) is 0.115. The highest BCUT2D eigenvalue weighted by atomic mass is 16.5. The summed E-state index contributed by atoms with van der Waals surface area (Å²) in [4.78, 5) is 13.5. The minimum atomic E-state index is -0.111. The van der Waals surface area contributed by atoms with Crippen LogP contribution in [0.5, 0.6) is 11.5 Å². The van der Waals surface area contributed by atoms with Crippen LogP contribution in [0.25, 0.3) is 16.8 Å². The molecule has 0 spiro atoms. The molecule has 6 heteroatoms. The largest absolute Gasteiger partial charge is 0.493 e. The Morgan fingerprint density at radius 3 is 2.41 bits per heavy atom. The lowest BCUT2D eigenvalue weighted by molar-refractivity contribution is 0.279. The average Bonchev–Trinajstić information content (AvgIpc) is 3.51. The summed E-state index contributed by atoms with van der Waals surface area (Å²) in [6, 6.07) is 19.2. The molecule has 6 nitrogen and oxygen atoms in total. The summed E-state index contributed by atoms with van der Waals surface area (Å²) in [5.41, 5.74) is 2.91. The van der Waals surface area contributed by atoms with Gasteiger partial charge in [-0.1, -0.05) is 42.5 Å². The van der Waals surface area contributed by atoms with E-state index in [0.29, 0.717) is 30.2 Å². The summed E-state index contributed by atoms with van der Waals surface area (Å²) in [7, 11) is 1.61. The van der Waals surface area contributed by atoms with Gasteiger partial charge in [-0.15, -0.1) is 0 Å². The van der Waals surface area contributed by atoms with Gasteiger partial charge in [0.2, 0.25) is 0 Å². The molecule has 0 unspecified atom stereocenters. The minimum absolute atomic E-state index is 0.111. The zero-order chi connectivity index (χ0) is 21.9. The molecule has 0 saturated heterocycles. The van der Waals surface area contributed by atoms with E-state index in [-0.39, 0.29) is 5.56 Å². The van der Waals surface area contributed by atoms with Crippen LogP contribution in [0.4, 0.5) is 0 Å². The van der Waals surface area contributed by atoms with E-state index in [0.717, 1.165) is 22.9 Å². The van der Waals surface area contributed by atoms with Gasteiger partial charge in [-0.3, -0.25) is 4.79 Å². The van der Waals surface area contributed by atoms with E-state index in [1.54, 1.807) is 16.2 Å². The molecule has 159 valence electrons. The second kappa shape index (κ2) is 8.91. The molecule has 32 heavy (non-hydrogen) atoms. The topological polar surface area (TPSA) is 57.8 Å². The molecule has 1 aliphatic rings. The second-order valence-electron chi connectivity index (χ2n) is 7.37. The van der Waals surface area contributed by atoms with Crippen LogP contribution < -0.4 is 15.0 Å². The Balaban J connectivity index is 1.51. The highest BCUT2D eigenvalue weighted by Crippen LogP contribution is 2.30. The van der Waals surface area contributed by atoms with E-state index in [1.807, 2.05) is 92.5 Å². The maximum Gasteiger partial charge on any atom is 0.277 e. The summed E-state index contributed by atoms with van der Waals surface area (Å²) >= 11 is 0. The number of nitrogens with zero attached hydrogens (tertiary/aromatic N) is 3. The number of hydrogen-bond acceptors (Lipinski definition) is 4. The zero-order valence-corrected chi connectivity index (χ0v) is 17.6. The van der Waals surface area contributed by atoms with Gasteiger partial charge >= 0.3 is 0 Å². The summed E-state index contributed by atoms with van der Waals surface area (Å²) in [6.45, 7) is 0.703. The molecule has 1 aliphatic carbocycles. The van der Waals surface area contributed by atoms with E-state index in [4.69, 9.17) is 9.47 Å². The van der Waals surface area contributed by atoms with Gasteiger partial charge in [0.25, 0.3) is 5.56 Å². The van der Waals surface area contributed by atoms with Crippen molar-refractivity contribution in [1.82, 2.24) is 14.2 Å². The lowest BCUT2D eigenvalue weighted by Gasteiger charge is -2.15. The molecule has 4 aromatic rings. The van der Waals surface area contributed by atoms with Gasteiger partial charge in [0.05, 0.1) is 31.2 Å². The predicted octanol–water partition coefficient (Wildman–Crippen LogP) is 4.00. The molecule has 0 bridgehead atoms. The quantitative estimate of drug-likeness (QED) is 0.450. The van der Waals surface area contributed by atoms with Crippen molar-refractivity contribution >= 4 is 5.52 Å². The second-order valence-corrected chi connectivity index (χ2v) is 7.37. The Labute approximate surface area is 187 Å². The molecule has 1 fully saturated rings. The molecule has 2 heterocycles. The van der Waals surface area contributed by atoms with Crippen LogP contribution in [0.3, 0.4) is 0 Å². The van der Waals surface area contributed by atoms with E-state index in [1.165, 1.54) is 0 Å². The first-order valence-corrected chi connectivity index (χ1v) is 10.4. The van der Waals surface area contributed by atoms with Gasteiger partial charge in [0, 0.05) is 5.92 Å². The van der Waals surface area contributed by atoms with Crippen molar-refractivity contribution in [1.29, 1.82) is 0 Å². The number of ether oxygens (including phenoxy) is 2. The summed E-state index contributed by atoms with van der Waals surface area (Å²) in [5, 5.41) is 4.65. The van der Waals surface area contributed by atoms with Gasteiger partial charge in [-0.05, 0) is 49.4 Å². The fourth-order valence-corrected chi connectivity index (χ4v) is 3.82. The highest BCUT2D eigenvalue weighted by Gasteiger charge is 2.23. The van der Waals surface area contributed by atoms with Crippen molar-refractivity contribution in [3.05, 3.63) is 115 Å². The van der Waals surface area contributed by atoms with Crippen molar-refractivity contribution in [3.8, 4) is 22.8 Å². The molecule has 5 radical (unpaired) electrons. The molecule has 0 aliphatic heterocycles. The number of fused-ring (bicyclic) bond motifs is 1. The zero-order valence-electron chi connectivity index (χ0n) is 17.6. The summed E-state index contributed by atoms with van der Waals surface area (Å²) in [6.07, 6.45) is 9.80. The van der Waals surface area contributed by atoms with E-state index >= 15 is 0 Å². The van der Waals surface area contributed by atoms with Crippen molar-refractivity contribution in [2.24, 2.45) is 0 Å². The summed E-state index contributed by atoms with van der Waals surface area (Å²) in [5.74, 6) is 2.29. The van der Waals surface area contributed by atoms with Crippen molar-refractivity contribution in [2.75, 3.05) is 13.7 Å².